The van der Waals surface area contributed by atoms with Gasteiger partial charge in [-0.1, -0.05) is 13.8 Å². The molecule has 0 aliphatic carbocycles. The minimum atomic E-state index is -4.05. The van der Waals surface area contributed by atoms with E-state index in [4.69, 9.17) is 0 Å². The lowest BCUT2D eigenvalue weighted by molar-refractivity contribution is -0.145. The van der Waals surface area contributed by atoms with E-state index >= 15 is 0 Å². The first-order valence-electron chi connectivity index (χ1n) is 8.04. The van der Waals surface area contributed by atoms with Crippen molar-refractivity contribution in [3.63, 3.8) is 0 Å². The molecule has 2 heterocycles. The van der Waals surface area contributed by atoms with Crippen LogP contribution < -0.4 is 4.90 Å². The Labute approximate surface area is 129 Å². The molecule has 4 nitrogen and oxygen atoms in total. The highest BCUT2D eigenvalue weighted by molar-refractivity contribution is 5.32. The number of halogens is 3. The van der Waals surface area contributed by atoms with Crippen LogP contribution in [0.15, 0.2) is 0 Å². The van der Waals surface area contributed by atoms with Crippen LogP contribution in [0.25, 0.3) is 0 Å². The quantitative estimate of drug-likeness (QED) is 0.831. The Morgan fingerprint density at radius 3 is 2.32 bits per heavy atom. The third kappa shape index (κ3) is 4.36. The summed E-state index contributed by atoms with van der Waals surface area (Å²) in [6, 6.07) is 0. The molecule has 2 rings (SSSR count). The van der Waals surface area contributed by atoms with Crippen LogP contribution in [0.2, 0.25) is 0 Å². The molecule has 0 amide bonds. The standard InChI is InChI=1S/C15H25F3N4/c1-4-22-13(9-11(2)3)19-20-14(22)21-7-5-12(6-8-21)10-15(16,17)18/h11-12H,4-10H2,1-3H3. The van der Waals surface area contributed by atoms with Gasteiger partial charge in [0.15, 0.2) is 0 Å². The number of piperidine rings is 1. The van der Waals surface area contributed by atoms with Crippen LogP contribution >= 0.6 is 0 Å². The summed E-state index contributed by atoms with van der Waals surface area (Å²) >= 11 is 0. The molecule has 1 aliphatic rings. The molecule has 1 saturated heterocycles. The molecule has 0 N–H and O–H groups in total. The summed E-state index contributed by atoms with van der Waals surface area (Å²) in [5.41, 5.74) is 0. The van der Waals surface area contributed by atoms with Gasteiger partial charge in [-0.15, -0.1) is 10.2 Å². The van der Waals surface area contributed by atoms with Crippen LogP contribution in [0.4, 0.5) is 19.1 Å². The second-order valence-corrected chi connectivity index (χ2v) is 6.51. The highest BCUT2D eigenvalue weighted by Crippen LogP contribution is 2.32. The Balaban J connectivity index is 2.01. The molecule has 0 saturated carbocycles. The van der Waals surface area contributed by atoms with Gasteiger partial charge in [-0.05, 0) is 31.6 Å². The Bertz CT molecular complexity index is 474. The second-order valence-electron chi connectivity index (χ2n) is 6.51. The molecule has 0 radical (unpaired) electrons. The molecule has 1 aromatic heterocycles. The first-order chi connectivity index (χ1) is 10.3. The fraction of sp³-hybridized carbons (Fsp3) is 0.867. The highest BCUT2D eigenvalue weighted by atomic mass is 19.4. The summed E-state index contributed by atoms with van der Waals surface area (Å²) in [7, 11) is 0. The van der Waals surface area contributed by atoms with E-state index in [2.05, 4.69) is 33.5 Å². The molecule has 0 spiro atoms. The summed E-state index contributed by atoms with van der Waals surface area (Å²) in [4.78, 5) is 2.08. The van der Waals surface area contributed by atoms with E-state index in [9.17, 15) is 13.2 Å². The SMILES string of the molecule is CCn1c(CC(C)C)nnc1N1CCC(CC(F)(F)F)CC1. The van der Waals surface area contributed by atoms with Crippen molar-refractivity contribution in [2.24, 2.45) is 11.8 Å². The molecule has 1 fully saturated rings. The Kier molecular flexibility index (Phi) is 5.34. The van der Waals surface area contributed by atoms with Crippen LogP contribution in [-0.2, 0) is 13.0 Å². The average Bonchev–Trinajstić information content (AvgIpc) is 2.79. The van der Waals surface area contributed by atoms with E-state index in [1.165, 1.54) is 0 Å². The Hall–Kier alpha value is -1.27. The van der Waals surface area contributed by atoms with E-state index in [-0.39, 0.29) is 5.92 Å². The van der Waals surface area contributed by atoms with Crippen LogP contribution in [0.1, 0.15) is 45.9 Å². The van der Waals surface area contributed by atoms with Gasteiger partial charge in [-0.3, -0.25) is 4.57 Å². The van der Waals surface area contributed by atoms with E-state index in [0.29, 0.717) is 31.8 Å². The lowest BCUT2D eigenvalue weighted by Crippen LogP contribution is -2.37. The maximum atomic E-state index is 12.5. The smallest absolute Gasteiger partial charge is 0.341 e. The highest BCUT2D eigenvalue weighted by Gasteiger charge is 2.34. The molecule has 1 aliphatic heterocycles. The largest absolute Gasteiger partial charge is 0.389 e. The molecule has 0 unspecified atom stereocenters. The van der Waals surface area contributed by atoms with Crippen LogP contribution in [0.5, 0.6) is 0 Å². The van der Waals surface area contributed by atoms with Gasteiger partial charge >= 0.3 is 6.18 Å². The zero-order chi connectivity index (χ0) is 16.3. The van der Waals surface area contributed by atoms with Crippen LogP contribution in [0, 0.1) is 11.8 Å². The Morgan fingerprint density at radius 2 is 1.82 bits per heavy atom. The number of anilines is 1. The number of alkyl halides is 3. The molecule has 0 atom stereocenters. The van der Waals surface area contributed by atoms with Crippen molar-refractivity contribution < 1.29 is 13.2 Å². The summed E-state index contributed by atoms with van der Waals surface area (Å²) in [5, 5.41) is 8.55. The third-order valence-corrected chi connectivity index (χ3v) is 4.13. The number of rotatable bonds is 5. The average molecular weight is 318 g/mol. The van der Waals surface area contributed by atoms with E-state index < -0.39 is 12.6 Å². The van der Waals surface area contributed by atoms with Gasteiger partial charge < -0.3 is 4.90 Å². The van der Waals surface area contributed by atoms with Gasteiger partial charge in [0.1, 0.15) is 5.82 Å². The molecular weight excluding hydrogens is 293 g/mol. The summed E-state index contributed by atoms with van der Waals surface area (Å²) < 4.78 is 39.5. The molecular formula is C15H25F3N4. The van der Waals surface area contributed by atoms with Gasteiger partial charge in [-0.2, -0.15) is 13.2 Å². The molecule has 7 heteroatoms. The number of aromatic nitrogens is 3. The van der Waals surface area contributed by atoms with Crippen molar-refractivity contribution in [1.29, 1.82) is 0 Å². The number of nitrogens with zero attached hydrogens (tertiary/aromatic N) is 4. The monoisotopic (exact) mass is 318 g/mol. The molecule has 0 aromatic carbocycles. The predicted octanol–water partition coefficient (Wildman–Crippen LogP) is 3.67. The van der Waals surface area contributed by atoms with Crippen molar-refractivity contribution in [3.8, 4) is 0 Å². The fourth-order valence-electron chi connectivity index (χ4n) is 3.06. The van der Waals surface area contributed by atoms with Gasteiger partial charge in [0.2, 0.25) is 5.95 Å². The molecule has 1 aromatic rings. The summed E-state index contributed by atoms with van der Waals surface area (Å²) in [5.74, 6) is 2.01. The van der Waals surface area contributed by atoms with E-state index in [1.54, 1.807) is 0 Å². The molecule has 22 heavy (non-hydrogen) atoms. The van der Waals surface area contributed by atoms with E-state index in [1.807, 2.05) is 6.92 Å². The van der Waals surface area contributed by atoms with Gasteiger partial charge in [0, 0.05) is 32.5 Å². The van der Waals surface area contributed by atoms with Crippen molar-refractivity contribution in [2.75, 3.05) is 18.0 Å². The van der Waals surface area contributed by atoms with E-state index in [0.717, 1.165) is 24.7 Å². The minimum Gasteiger partial charge on any atom is -0.341 e. The van der Waals surface area contributed by atoms with Crippen molar-refractivity contribution in [2.45, 2.75) is 59.2 Å². The lowest BCUT2D eigenvalue weighted by Gasteiger charge is -2.33. The van der Waals surface area contributed by atoms with Crippen LogP contribution in [0.3, 0.4) is 0 Å². The van der Waals surface area contributed by atoms with Gasteiger partial charge in [0.25, 0.3) is 0 Å². The third-order valence-electron chi connectivity index (χ3n) is 4.13. The zero-order valence-corrected chi connectivity index (χ0v) is 13.5. The maximum absolute atomic E-state index is 12.5. The second kappa shape index (κ2) is 6.87. The number of hydrogen-bond acceptors (Lipinski definition) is 3. The normalized spacial score (nSPS) is 17.5. The first-order valence-corrected chi connectivity index (χ1v) is 8.04. The van der Waals surface area contributed by atoms with Crippen molar-refractivity contribution >= 4 is 5.95 Å². The van der Waals surface area contributed by atoms with Gasteiger partial charge in [0.05, 0.1) is 0 Å². The Morgan fingerprint density at radius 1 is 1.18 bits per heavy atom. The summed E-state index contributed by atoms with van der Waals surface area (Å²) in [6.07, 6.45) is -2.73. The number of hydrogen-bond donors (Lipinski definition) is 0. The summed E-state index contributed by atoms with van der Waals surface area (Å²) in [6.45, 7) is 8.36. The predicted molar refractivity (Wildman–Crippen MR) is 79.8 cm³/mol. The zero-order valence-electron chi connectivity index (χ0n) is 13.5. The topological polar surface area (TPSA) is 34.0 Å². The molecule has 0 bridgehead atoms. The molecule has 126 valence electrons. The van der Waals surface area contributed by atoms with Gasteiger partial charge in [-0.25, -0.2) is 0 Å². The van der Waals surface area contributed by atoms with Crippen molar-refractivity contribution in [1.82, 2.24) is 14.8 Å². The maximum Gasteiger partial charge on any atom is 0.389 e. The fourth-order valence-corrected chi connectivity index (χ4v) is 3.06. The van der Waals surface area contributed by atoms with Crippen LogP contribution in [-0.4, -0.2) is 34.0 Å². The lowest BCUT2D eigenvalue weighted by atomic mass is 9.93. The van der Waals surface area contributed by atoms with Crippen molar-refractivity contribution in [3.05, 3.63) is 5.82 Å². The minimum absolute atomic E-state index is 0.260. The first kappa shape index (κ1) is 17.1.